The minimum Gasteiger partial charge on any atom is -0.456 e. The van der Waals surface area contributed by atoms with Crippen LogP contribution in [-0.2, 0) is 23.8 Å². The lowest BCUT2D eigenvalue weighted by atomic mass is 9.94. The Morgan fingerprint density at radius 3 is 1.45 bits per heavy atom. The summed E-state index contributed by atoms with van der Waals surface area (Å²) in [5.74, 6) is -1.07. The van der Waals surface area contributed by atoms with Crippen LogP contribution in [0.15, 0.2) is 85.0 Å². The Hall–Kier alpha value is -3.26. The van der Waals surface area contributed by atoms with Gasteiger partial charge in [0, 0.05) is 25.0 Å². The zero-order chi connectivity index (χ0) is 23.2. The van der Waals surface area contributed by atoms with Crippen molar-refractivity contribution < 1.29 is 34.0 Å². The van der Waals surface area contributed by atoms with Gasteiger partial charge in [-0.1, -0.05) is 72.8 Å². The first-order valence-electron chi connectivity index (χ1n) is 10.9. The van der Waals surface area contributed by atoms with E-state index in [0.29, 0.717) is 24.0 Å². The molecule has 0 fully saturated rings. The highest BCUT2D eigenvalue weighted by Gasteiger charge is 2.41. The van der Waals surface area contributed by atoms with Gasteiger partial charge >= 0.3 is 11.9 Å². The SMILES string of the molecule is O=C1C=CC[C@H]([C@H](O[C@H]([C@H](O)c2ccccc2)[C@H]2CC=CC(=O)O2)[C@H](O)c2ccccc2)O1. The third-order valence-electron chi connectivity index (χ3n) is 5.73. The van der Waals surface area contributed by atoms with E-state index < -0.39 is 48.6 Å². The molecule has 0 spiro atoms. The summed E-state index contributed by atoms with van der Waals surface area (Å²) in [6.07, 6.45) is 0.704. The molecule has 0 radical (unpaired) electrons. The Labute approximate surface area is 191 Å². The molecule has 2 heterocycles. The number of aliphatic hydroxyl groups excluding tert-OH is 2. The van der Waals surface area contributed by atoms with E-state index in [1.165, 1.54) is 12.2 Å². The van der Waals surface area contributed by atoms with Crippen molar-refractivity contribution in [2.75, 3.05) is 0 Å². The molecule has 2 aliphatic rings. The number of cyclic esters (lactones) is 2. The number of hydrogen-bond donors (Lipinski definition) is 2. The number of aliphatic hydroxyl groups is 2. The number of esters is 2. The van der Waals surface area contributed by atoms with Crippen LogP contribution in [0.1, 0.15) is 36.2 Å². The van der Waals surface area contributed by atoms with Crippen molar-refractivity contribution in [3.8, 4) is 0 Å². The first-order valence-corrected chi connectivity index (χ1v) is 10.9. The number of benzene rings is 2. The molecule has 7 nitrogen and oxygen atoms in total. The first-order chi connectivity index (χ1) is 16.0. The van der Waals surface area contributed by atoms with E-state index in [0.717, 1.165) is 0 Å². The van der Waals surface area contributed by atoms with Gasteiger partial charge in [-0.05, 0) is 11.1 Å². The normalized spacial score (nSPS) is 23.8. The second-order valence-corrected chi connectivity index (χ2v) is 8.00. The second-order valence-electron chi connectivity index (χ2n) is 8.00. The van der Waals surface area contributed by atoms with Gasteiger partial charge in [-0.3, -0.25) is 0 Å². The van der Waals surface area contributed by atoms with Gasteiger partial charge in [0.2, 0.25) is 0 Å². The molecule has 6 atom stereocenters. The molecular formula is C26H26O7. The zero-order valence-corrected chi connectivity index (χ0v) is 17.9. The fourth-order valence-electron chi connectivity index (χ4n) is 4.06. The Morgan fingerprint density at radius 1 is 0.697 bits per heavy atom. The third kappa shape index (κ3) is 5.57. The molecule has 4 rings (SSSR count). The smallest absolute Gasteiger partial charge is 0.330 e. The number of ether oxygens (including phenoxy) is 3. The Balaban J connectivity index is 1.68. The highest BCUT2D eigenvalue weighted by Crippen LogP contribution is 2.33. The minimum atomic E-state index is -1.16. The van der Waals surface area contributed by atoms with Crippen molar-refractivity contribution in [3.05, 3.63) is 96.1 Å². The van der Waals surface area contributed by atoms with E-state index in [4.69, 9.17) is 14.2 Å². The van der Waals surface area contributed by atoms with Crippen LogP contribution in [0.2, 0.25) is 0 Å². The van der Waals surface area contributed by atoms with E-state index in [1.54, 1.807) is 60.7 Å². The maximum Gasteiger partial charge on any atom is 0.330 e. The average molecular weight is 450 g/mol. The van der Waals surface area contributed by atoms with Gasteiger partial charge in [-0.15, -0.1) is 0 Å². The van der Waals surface area contributed by atoms with Crippen LogP contribution in [0, 0.1) is 0 Å². The van der Waals surface area contributed by atoms with Crippen molar-refractivity contribution in [1.82, 2.24) is 0 Å². The molecule has 2 aromatic rings. The molecular weight excluding hydrogens is 424 g/mol. The molecule has 7 heteroatoms. The first kappa shape index (κ1) is 22.9. The molecule has 2 aliphatic heterocycles. The summed E-state index contributed by atoms with van der Waals surface area (Å²) in [4.78, 5) is 23.9. The summed E-state index contributed by atoms with van der Waals surface area (Å²) in [5.41, 5.74) is 1.14. The topological polar surface area (TPSA) is 102 Å². The van der Waals surface area contributed by atoms with Crippen LogP contribution in [0.3, 0.4) is 0 Å². The van der Waals surface area contributed by atoms with Gasteiger partial charge < -0.3 is 24.4 Å². The lowest BCUT2D eigenvalue weighted by molar-refractivity contribution is -0.203. The van der Waals surface area contributed by atoms with E-state index in [-0.39, 0.29) is 0 Å². The Bertz CT molecular complexity index is 920. The maximum atomic E-state index is 11.9. The standard InChI is InChI=1S/C26H26O7/c27-21-15-7-13-19(31-21)25(23(29)17-9-3-1-4-10-17)33-26(20-14-8-16-22(28)32-20)24(30)18-11-5-2-6-12-18/h1-12,15-16,19-20,23-26,29-30H,13-14H2/t19-,20-,23-,24-,25+,26+/m1/s1. The van der Waals surface area contributed by atoms with E-state index in [1.807, 2.05) is 12.1 Å². The van der Waals surface area contributed by atoms with Crippen molar-refractivity contribution in [3.63, 3.8) is 0 Å². The molecule has 172 valence electrons. The van der Waals surface area contributed by atoms with Gasteiger partial charge in [0.05, 0.1) is 0 Å². The van der Waals surface area contributed by atoms with E-state index >= 15 is 0 Å². The number of carbonyl (C=O) groups is 2. The van der Waals surface area contributed by atoms with Gasteiger partial charge in [0.25, 0.3) is 0 Å². The second kappa shape index (κ2) is 10.6. The fourth-order valence-corrected chi connectivity index (χ4v) is 4.06. The lowest BCUT2D eigenvalue weighted by Gasteiger charge is -2.38. The summed E-state index contributed by atoms with van der Waals surface area (Å²) < 4.78 is 17.3. The van der Waals surface area contributed by atoms with Crippen LogP contribution in [-0.4, -0.2) is 46.6 Å². The predicted octanol–water partition coefficient (Wildman–Crippen LogP) is 2.95. The molecule has 0 amide bonds. The fraction of sp³-hybridized carbons (Fsp3) is 0.308. The average Bonchev–Trinajstić information content (AvgIpc) is 2.85. The Kier molecular flexibility index (Phi) is 7.34. The van der Waals surface area contributed by atoms with Crippen LogP contribution < -0.4 is 0 Å². The maximum absolute atomic E-state index is 11.9. The monoisotopic (exact) mass is 450 g/mol. The molecule has 0 saturated heterocycles. The van der Waals surface area contributed by atoms with Crippen LogP contribution >= 0.6 is 0 Å². The predicted molar refractivity (Wildman–Crippen MR) is 119 cm³/mol. The molecule has 33 heavy (non-hydrogen) atoms. The van der Waals surface area contributed by atoms with Crippen molar-refractivity contribution in [2.45, 2.75) is 49.5 Å². The van der Waals surface area contributed by atoms with Crippen molar-refractivity contribution >= 4 is 11.9 Å². The van der Waals surface area contributed by atoms with Gasteiger partial charge in [-0.25, -0.2) is 9.59 Å². The Morgan fingerprint density at radius 2 is 1.09 bits per heavy atom. The van der Waals surface area contributed by atoms with Gasteiger partial charge in [0.1, 0.15) is 36.6 Å². The minimum absolute atomic E-state index is 0.332. The summed E-state index contributed by atoms with van der Waals surface area (Å²) in [7, 11) is 0. The van der Waals surface area contributed by atoms with Crippen molar-refractivity contribution in [1.29, 1.82) is 0 Å². The van der Waals surface area contributed by atoms with Gasteiger partial charge in [-0.2, -0.15) is 0 Å². The van der Waals surface area contributed by atoms with Crippen LogP contribution in [0.4, 0.5) is 0 Å². The van der Waals surface area contributed by atoms with E-state index in [2.05, 4.69) is 0 Å². The zero-order valence-electron chi connectivity index (χ0n) is 17.9. The number of rotatable bonds is 8. The van der Waals surface area contributed by atoms with E-state index in [9.17, 15) is 19.8 Å². The largest absolute Gasteiger partial charge is 0.456 e. The van der Waals surface area contributed by atoms with Crippen molar-refractivity contribution in [2.24, 2.45) is 0 Å². The quantitative estimate of drug-likeness (QED) is 0.596. The number of hydrogen-bond acceptors (Lipinski definition) is 7. The lowest BCUT2D eigenvalue weighted by Crippen LogP contribution is -2.47. The molecule has 0 aliphatic carbocycles. The highest BCUT2D eigenvalue weighted by molar-refractivity contribution is 5.83. The molecule has 0 aromatic heterocycles. The summed E-state index contributed by atoms with van der Waals surface area (Å²) in [6, 6.07) is 17.8. The highest BCUT2D eigenvalue weighted by atomic mass is 16.6. The summed E-state index contributed by atoms with van der Waals surface area (Å²) >= 11 is 0. The summed E-state index contributed by atoms with van der Waals surface area (Å²) in [5, 5.41) is 22.5. The van der Waals surface area contributed by atoms with Crippen LogP contribution in [0.5, 0.6) is 0 Å². The molecule has 0 saturated carbocycles. The number of carbonyl (C=O) groups excluding carboxylic acids is 2. The molecule has 0 unspecified atom stereocenters. The molecule has 0 bridgehead atoms. The van der Waals surface area contributed by atoms with Crippen LogP contribution in [0.25, 0.3) is 0 Å². The summed E-state index contributed by atoms with van der Waals surface area (Å²) in [6.45, 7) is 0. The molecule has 2 N–H and O–H groups in total. The molecule has 2 aromatic carbocycles. The van der Waals surface area contributed by atoms with Gasteiger partial charge in [0.15, 0.2) is 0 Å². The third-order valence-corrected chi connectivity index (χ3v) is 5.73.